The van der Waals surface area contributed by atoms with Gasteiger partial charge in [-0.2, -0.15) is 0 Å². The molecule has 4 aromatic rings. The first kappa shape index (κ1) is 19.6. The number of fused-ring (bicyclic) bond motifs is 1. The van der Waals surface area contributed by atoms with Crippen molar-refractivity contribution in [2.75, 3.05) is 5.32 Å². The van der Waals surface area contributed by atoms with E-state index in [-0.39, 0.29) is 12.1 Å². The van der Waals surface area contributed by atoms with Crippen LogP contribution in [0.15, 0.2) is 79.3 Å². The van der Waals surface area contributed by atoms with E-state index in [1.54, 1.807) is 12.4 Å². The van der Waals surface area contributed by atoms with Gasteiger partial charge in [-0.05, 0) is 71.8 Å². The molecule has 0 aliphatic heterocycles. The summed E-state index contributed by atoms with van der Waals surface area (Å²) in [6.07, 6.45) is 6.23. The van der Waals surface area contributed by atoms with Crippen molar-refractivity contribution in [3.8, 4) is 11.1 Å². The number of nitrogens with one attached hydrogen (secondary N) is 2. The van der Waals surface area contributed by atoms with Gasteiger partial charge in [-0.25, -0.2) is 4.79 Å². The maximum absolute atomic E-state index is 12.6. The van der Waals surface area contributed by atoms with Gasteiger partial charge in [0.2, 0.25) is 0 Å². The summed E-state index contributed by atoms with van der Waals surface area (Å²) in [6.45, 7) is 4.04. The van der Waals surface area contributed by atoms with Crippen LogP contribution < -0.4 is 10.6 Å². The average molecular weight is 396 g/mol. The van der Waals surface area contributed by atoms with Crippen LogP contribution in [0.5, 0.6) is 0 Å². The molecule has 1 unspecified atom stereocenters. The van der Waals surface area contributed by atoms with E-state index in [0.717, 1.165) is 45.3 Å². The van der Waals surface area contributed by atoms with Crippen LogP contribution in [0.25, 0.3) is 21.9 Å². The molecule has 0 aliphatic carbocycles. The summed E-state index contributed by atoms with van der Waals surface area (Å²) >= 11 is 0. The second kappa shape index (κ2) is 8.74. The number of carbonyl (C=O) groups excluding carboxylic acids is 1. The molecule has 0 saturated carbocycles. The molecule has 1 atom stereocenters. The molecule has 2 heterocycles. The molecule has 2 amide bonds. The van der Waals surface area contributed by atoms with Crippen LogP contribution in [-0.4, -0.2) is 16.0 Å². The first-order valence-electron chi connectivity index (χ1n) is 10.1. The molecule has 0 saturated heterocycles. The monoisotopic (exact) mass is 396 g/mol. The number of pyridine rings is 2. The van der Waals surface area contributed by atoms with E-state index in [0.29, 0.717) is 0 Å². The zero-order chi connectivity index (χ0) is 20.9. The van der Waals surface area contributed by atoms with Crippen LogP contribution in [-0.2, 0) is 0 Å². The Kier molecular flexibility index (Phi) is 5.70. The molecule has 2 aromatic heterocycles. The highest BCUT2D eigenvalue weighted by Crippen LogP contribution is 2.23. The Bertz CT molecular complexity index is 1170. The number of hydrogen-bond acceptors (Lipinski definition) is 3. The Morgan fingerprint density at radius 2 is 1.77 bits per heavy atom. The van der Waals surface area contributed by atoms with Crippen molar-refractivity contribution in [3.05, 3.63) is 90.5 Å². The summed E-state index contributed by atoms with van der Waals surface area (Å²) in [6, 6.07) is 19.7. The highest BCUT2D eigenvalue weighted by Gasteiger charge is 2.13. The fraction of sp³-hybridized carbons (Fsp3) is 0.160. The summed E-state index contributed by atoms with van der Waals surface area (Å²) in [5.41, 5.74) is 5.00. The Labute approximate surface area is 176 Å². The van der Waals surface area contributed by atoms with Crippen molar-refractivity contribution in [1.29, 1.82) is 0 Å². The molecule has 0 fully saturated rings. The molecular formula is C25H24N4O. The van der Waals surface area contributed by atoms with E-state index in [1.165, 1.54) is 0 Å². The smallest absolute Gasteiger partial charge is 0.319 e. The third kappa shape index (κ3) is 4.46. The van der Waals surface area contributed by atoms with Crippen LogP contribution in [0.3, 0.4) is 0 Å². The number of hydrogen-bond donors (Lipinski definition) is 2. The predicted molar refractivity (Wildman–Crippen MR) is 121 cm³/mol. The minimum atomic E-state index is -0.218. The number of urea groups is 1. The lowest BCUT2D eigenvalue weighted by atomic mass is 10.0. The molecule has 5 heteroatoms. The predicted octanol–water partition coefficient (Wildman–Crippen LogP) is 5.88. The molecule has 30 heavy (non-hydrogen) atoms. The van der Waals surface area contributed by atoms with Crippen molar-refractivity contribution >= 4 is 22.5 Å². The normalized spacial score (nSPS) is 11.8. The summed E-state index contributed by atoms with van der Waals surface area (Å²) in [7, 11) is 0. The van der Waals surface area contributed by atoms with Crippen LogP contribution in [0, 0.1) is 6.92 Å². The Morgan fingerprint density at radius 1 is 0.933 bits per heavy atom. The number of aryl methyl sites for hydroxylation is 1. The van der Waals surface area contributed by atoms with Crippen molar-refractivity contribution in [2.45, 2.75) is 26.3 Å². The van der Waals surface area contributed by atoms with Gasteiger partial charge in [0.05, 0.1) is 6.04 Å². The first-order valence-corrected chi connectivity index (χ1v) is 10.1. The summed E-state index contributed by atoms with van der Waals surface area (Å²) in [5.74, 6) is 0. The molecule has 0 bridgehead atoms. The van der Waals surface area contributed by atoms with Crippen molar-refractivity contribution in [3.63, 3.8) is 0 Å². The zero-order valence-electron chi connectivity index (χ0n) is 17.1. The molecule has 150 valence electrons. The van der Waals surface area contributed by atoms with Gasteiger partial charge < -0.3 is 10.6 Å². The molecule has 0 aliphatic rings. The second-order valence-corrected chi connectivity index (χ2v) is 7.30. The van der Waals surface area contributed by atoms with E-state index < -0.39 is 0 Å². The minimum Gasteiger partial charge on any atom is -0.331 e. The van der Waals surface area contributed by atoms with Crippen LogP contribution >= 0.6 is 0 Å². The molecule has 2 aromatic carbocycles. The molecule has 2 N–H and O–H groups in total. The maximum atomic E-state index is 12.6. The Morgan fingerprint density at radius 3 is 2.53 bits per heavy atom. The Balaban J connectivity index is 1.43. The van der Waals surface area contributed by atoms with Gasteiger partial charge in [0, 0.05) is 35.4 Å². The summed E-state index contributed by atoms with van der Waals surface area (Å²) in [5, 5.41) is 8.21. The average Bonchev–Trinajstić information content (AvgIpc) is 2.77. The zero-order valence-corrected chi connectivity index (χ0v) is 17.1. The molecule has 5 nitrogen and oxygen atoms in total. The standard InChI is InChI=1S/C25H24N4O/c1-3-24(21-4-5-22-16-26-12-10-20(22)15-21)29-25(30)28-23-8-6-18(7-9-23)19-11-13-27-17(2)14-19/h4-16,24H,3H2,1-2H3,(H2,28,29,30). The highest BCUT2D eigenvalue weighted by molar-refractivity contribution is 5.90. The van der Waals surface area contributed by atoms with Crippen molar-refractivity contribution in [2.24, 2.45) is 0 Å². The maximum Gasteiger partial charge on any atom is 0.319 e. The van der Waals surface area contributed by atoms with Gasteiger partial charge >= 0.3 is 6.03 Å². The summed E-state index contributed by atoms with van der Waals surface area (Å²) < 4.78 is 0. The van der Waals surface area contributed by atoms with Gasteiger partial charge in [0.15, 0.2) is 0 Å². The van der Waals surface area contributed by atoms with Gasteiger partial charge in [-0.1, -0.05) is 31.2 Å². The van der Waals surface area contributed by atoms with E-state index in [1.807, 2.05) is 67.7 Å². The SMILES string of the molecule is CCC(NC(=O)Nc1ccc(-c2ccnc(C)c2)cc1)c1ccc2cnccc2c1. The highest BCUT2D eigenvalue weighted by atomic mass is 16.2. The van der Waals surface area contributed by atoms with Gasteiger partial charge in [-0.3, -0.25) is 9.97 Å². The molecule has 4 rings (SSSR count). The van der Waals surface area contributed by atoms with Gasteiger partial charge in [0.1, 0.15) is 0 Å². The van der Waals surface area contributed by atoms with Crippen LogP contribution in [0.1, 0.15) is 30.6 Å². The second-order valence-electron chi connectivity index (χ2n) is 7.30. The van der Waals surface area contributed by atoms with Crippen molar-refractivity contribution < 1.29 is 4.79 Å². The largest absolute Gasteiger partial charge is 0.331 e. The lowest BCUT2D eigenvalue weighted by molar-refractivity contribution is 0.248. The number of carbonyl (C=O) groups is 1. The molecule has 0 spiro atoms. The minimum absolute atomic E-state index is 0.0679. The summed E-state index contributed by atoms with van der Waals surface area (Å²) in [4.78, 5) is 21.0. The molecular weight excluding hydrogens is 372 g/mol. The van der Waals surface area contributed by atoms with E-state index in [2.05, 4.69) is 33.6 Å². The van der Waals surface area contributed by atoms with Crippen LogP contribution in [0.4, 0.5) is 10.5 Å². The first-order chi connectivity index (χ1) is 14.6. The third-order valence-electron chi connectivity index (χ3n) is 5.15. The lowest BCUT2D eigenvalue weighted by Gasteiger charge is -2.18. The Hall–Kier alpha value is -3.73. The van der Waals surface area contributed by atoms with Gasteiger partial charge in [0.25, 0.3) is 0 Å². The number of anilines is 1. The fourth-order valence-corrected chi connectivity index (χ4v) is 3.54. The topological polar surface area (TPSA) is 66.9 Å². The van der Waals surface area contributed by atoms with E-state index in [4.69, 9.17) is 0 Å². The number of amides is 2. The lowest BCUT2D eigenvalue weighted by Crippen LogP contribution is -2.32. The van der Waals surface area contributed by atoms with Gasteiger partial charge in [-0.15, -0.1) is 0 Å². The quantitative estimate of drug-likeness (QED) is 0.443. The number of rotatable bonds is 5. The molecule has 0 radical (unpaired) electrons. The van der Waals surface area contributed by atoms with Crippen LogP contribution in [0.2, 0.25) is 0 Å². The van der Waals surface area contributed by atoms with E-state index in [9.17, 15) is 4.79 Å². The fourth-order valence-electron chi connectivity index (χ4n) is 3.54. The number of benzene rings is 2. The van der Waals surface area contributed by atoms with E-state index >= 15 is 0 Å². The number of aromatic nitrogens is 2. The van der Waals surface area contributed by atoms with Crippen molar-refractivity contribution in [1.82, 2.24) is 15.3 Å². The third-order valence-corrected chi connectivity index (χ3v) is 5.15. The number of nitrogens with zero attached hydrogens (tertiary/aromatic N) is 2.